The van der Waals surface area contributed by atoms with Crippen molar-refractivity contribution in [2.45, 2.75) is 368 Å². The molecule has 19 heteroatoms. The third kappa shape index (κ3) is 62.6. The Morgan fingerprint density at radius 3 is 0.782 bits per heavy atom. The van der Waals surface area contributed by atoms with Crippen LogP contribution in [0, 0.1) is 5.92 Å². The van der Waals surface area contributed by atoms with Crippen molar-refractivity contribution < 1.29 is 80.2 Å². The first-order valence-electron chi connectivity index (χ1n) is 35.6. The number of carbonyl (C=O) groups is 4. The molecule has 0 rings (SSSR count). The van der Waals surface area contributed by atoms with E-state index in [1.54, 1.807) is 0 Å². The predicted octanol–water partition coefficient (Wildman–Crippen LogP) is 19.4. The maximum atomic E-state index is 13.0. The Morgan fingerprint density at radius 1 is 0.310 bits per heavy atom. The molecule has 0 aromatic carbocycles. The van der Waals surface area contributed by atoms with Gasteiger partial charge in [0.05, 0.1) is 26.4 Å². The van der Waals surface area contributed by atoms with Crippen LogP contribution in [0.5, 0.6) is 0 Å². The highest BCUT2D eigenvalue weighted by molar-refractivity contribution is 7.47. The number of aliphatic hydroxyl groups excluding tert-OH is 1. The quantitative estimate of drug-likeness (QED) is 0.0222. The average Bonchev–Trinajstić information content (AvgIpc) is 3.50. The molecule has 0 aliphatic heterocycles. The van der Waals surface area contributed by atoms with Crippen LogP contribution in [-0.4, -0.2) is 96.7 Å². The summed E-state index contributed by atoms with van der Waals surface area (Å²) in [6.45, 7) is 7.11. The number of rotatable bonds is 68. The van der Waals surface area contributed by atoms with Crippen molar-refractivity contribution >= 4 is 39.5 Å². The van der Waals surface area contributed by atoms with Crippen molar-refractivity contribution in [2.24, 2.45) is 5.92 Å². The molecular weight excluding hydrogens is 1150 g/mol. The van der Waals surface area contributed by atoms with Gasteiger partial charge in [0.25, 0.3) is 0 Å². The molecule has 2 unspecified atom stereocenters. The van der Waals surface area contributed by atoms with Gasteiger partial charge in [-0.05, 0) is 31.6 Å². The summed E-state index contributed by atoms with van der Waals surface area (Å²) in [6, 6.07) is 0. The minimum Gasteiger partial charge on any atom is -0.462 e. The first-order chi connectivity index (χ1) is 42.0. The third-order valence-corrected chi connectivity index (χ3v) is 17.7. The van der Waals surface area contributed by atoms with E-state index in [0.717, 1.165) is 109 Å². The van der Waals surface area contributed by atoms with Crippen LogP contribution in [0.25, 0.3) is 0 Å². The Labute approximate surface area is 530 Å². The topological polar surface area (TPSA) is 237 Å². The highest BCUT2D eigenvalue weighted by atomic mass is 31.2. The van der Waals surface area contributed by atoms with E-state index in [-0.39, 0.29) is 25.7 Å². The van der Waals surface area contributed by atoms with E-state index in [0.29, 0.717) is 31.6 Å². The monoisotopic (exact) mass is 1280 g/mol. The lowest BCUT2D eigenvalue weighted by Crippen LogP contribution is -2.30. The maximum Gasteiger partial charge on any atom is 0.472 e. The summed E-state index contributed by atoms with van der Waals surface area (Å²) < 4.78 is 68.0. The summed E-state index contributed by atoms with van der Waals surface area (Å²) in [6.07, 6.45) is 47.6. The third-order valence-electron chi connectivity index (χ3n) is 15.8. The van der Waals surface area contributed by atoms with Gasteiger partial charge in [-0.3, -0.25) is 37.3 Å². The molecule has 0 fully saturated rings. The van der Waals surface area contributed by atoms with E-state index in [2.05, 4.69) is 34.6 Å². The van der Waals surface area contributed by atoms with Gasteiger partial charge >= 0.3 is 39.5 Å². The van der Waals surface area contributed by atoms with Gasteiger partial charge in [-0.25, -0.2) is 9.13 Å². The highest BCUT2D eigenvalue weighted by Crippen LogP contribution is 2.45. The van der Waals surface area contributed by atoms with E-state index < -0.39 is 97.5 Å². The molecule has 0 saturated heterocycles. The van der Waals surface area contributed by atoms with Crippen molar-refractivity contribution in [1.29, 1.82) is 0 Å². The summed E-state index contributed by atoms with van der Waals surface area (Å²) in [4.78, 5) is 72.2. The standard InChI is InChI=1S/C68H132O17P2/c1-6-9-12-15-18-20-21-22-23-24-25-26-27-28-29-30-31-33-38-44-49-54-68(73)85-64(58-79-66(71)52-47-42-39-34-36-40-45-50-61(4)5)60-83-87(76,77)81-56-62(69)55-80-86(74,75)82-59-63(57-78-65(70)51-46-41-35-17-14-11-8-3)84-67(72)53-48-43-37-32-19-16-13-10-7-2/h61-64,69H,6-60H2,1-5H3,(H,74,75)(H,76,77)/t62-,63+,64+/m0/s1. The van der Waals surface area contributed by atoms with Gasteiger partial charge in [-0.1, -0.05) is 298 Å². The Kier molecular flexibility index (Phi) is 60.2. The lowest BCUT2D eigenvalue weighted by molar-refractivity contribution is -0.161. The van der Waals surface area contributed by atoms with Gasteiger partial charge < -0.3 is 33.8 Å². The van der Waals surface area contributed by atoms with Crippen molar-refractivity contribution in [2.75, 3.05) is 39.6 Å². The molecule has 0 radical (unpaired) electrons. The number of hydrogen-bond donors (Lipinski definition) is 3. The molecule has 0 spiro atoms. The Balaban J connectivity index is 5.10. The summed E-state index contributed by atoms with van der Waals surface area (Å²) in [5.41, 5.74) is 0. The summed E-state index contributed by atoms with van der Waals surface area (Å²) in [7, 11) is -9.88. The molecule has 0 aromatic rings. The molecule has 0 heterocycles. The number of hydrogen-bond acceptors (Lipinski definition) is 15. The second-order valence-electron chi connectivity index (χ2n) is 25.0. The van der Waals surface area contributed by atoms with E-state index in [9.17, 15) is 43.2 Å². The van der Waals surface area contributed by atoms with E-state index >= 15 is 0 Å². The van der Waals surface area contributed by atoms with Crippen LogP contribution in [0.3, 0.4) is 0 Å². The van der Waals surface area contributed by atoms with Crippen molar-refractivity contribution in [3.05, 3.63) is 0 Å². The first kappa shape index (κ1) is 85.1. The summed E-state index contributed by atoms with van der Waals surface area (Å²) in [5, 5.41) is 10.5. The van der Waals surface area contributed by atoms with Crippen LogP contribution in [0.1, 0.15) is 349 Å². The van der Waals surface area contributed by atoms with Gasteiger partial charge in [-0.15, -0.1) is 0 Å². The van der Waals surface area contributed by atoms with Crippen molar-refractivity contribution in [3.63, 3.8) is 0 Å². The van der Waals surface area contributed by atoms with Gasteiger partial charge in [0.15, 0.2) is 12.2 Å². The Morgan fingerprint density at radius 2 is 0.529 bits per heavy atom. The minimum atomic E-state index is -4.95. The zero-order valence-corrected chi connectivity index (χ0v) is 57.9. The van der Waals surface area contributed by atoms with E-state index in [1.165, 1.54) is 154 Å². The second-order valence-corrected chi connectivity index (χ2v) is 27.9. The number of ether oxygens (including phenoxy) is 4. The zero-order valence-electron chi connectivity index (χ0n) is 56.2. The first-order valence-corrected chi connectivity index (χ1v) is 38.6. The molecule has 0 bridgehead atoms. The second kappa shape index (κ2) is 61.6. The van der Waals surface area contributed by atoms with Gasteiger partial charge in [0.1, 0.15) is 19.3 Å². The van der Waals surface area contributed by atoms with Crippen molar-refractivity contribution in [3.8, 4) is 0 Å². The van der Waals surface area contributed by atoms with Crippen LogP contribution in [0.4, 0.5) is 0 Å². The fraction of sp³-hybridized carbons (Fsp3) is 0.941. The molecule has 516 valence electrons. The van der Waals surface area contributed by atoms with Gasteiger partial charge in [-0.2, -0.15) is 0 Å². The number of phosphoric ester groups is 2. The molecule has 5 atom stereocenters. The maximum absolute atomic E-state index is 13.0. The van der Waals surface area contributed by atoms with Crippen LogP contribution in [0.15, 0.2) is 0 Å². The summed E-state index contributed by atoms with van der Waals surface area (Å²) >= 11 is 0. The van der Waals surface area contributed by atoms with Crippen molar-refractivity contribution in [1.82, 2.24) is 0 Å². The molecule has 87 heavy (non-hydrogen) atoms. The zero-order chi connectivity index (χ0) is 64.2. The van der Waals surface area contributed by atoms with E-state index in [1.807, 2.05) is 0 Å². The smallest absolute Gasteiger partial charge is 0.462 e. The molecular formula is C68H132O17P2. The summed E-state index contributed by atoms with van der Waals surface area (Å²) in [5.74, 6) is -1.43. The Bertz CT molecular complexity index is 1690. The average molecular weight is 1280 g/mol. The molecule has 0 amide bonds. The van der Waals surface area contributed by atoms with Gasteiger partial charge in [0, 0.05) is 25.7 Å². The number of aliphatic hydroxyl groups is 1. The van der Waals surface area contributed by atoms with E-state index in [4.69, 9.17) is 37.0 Å². The molecule has 17 nitrogen and oxygen atoms in total. The highest BCUT2D eigenvalue weighted by Gasteiger charge is 2.30. The lowest BCUT2D eigenvalue weighted by atomic mass is 10.0. The van der Waals surface area contributed by atoms with Crippen LogP contribution in [0.2, 0.25) is 0 Å². The fourth-order valence-electron chi connectivity index (χ4n) is 10.3. The molecule has 0 aliphatic rings. The molecule has 0 aliphatic carbocycles. The normalized spacial score (nSPS) is 14.1. The lowest BCUT2D eigenvalue weighted by Gasteiger charge is -2.21. The van der Waals surface area contributed by atoms with Crippen LogP contribution < -0.4 is 0 Å². The van der Waals surface area contributed by atoms with Gasteiger partial charge in [0.2, 0.25) is 0 Å². The number of esters is 4. The van der Waals surface area contributed by atoms with Crippen LogP contribution in [-0.2, 0) is 65.4 Å². The molecule has 0 saturated carbocycles. The SMILES string of the molecule is CCCCCCCCCCCCCCCCCCCCCCCC(=O)O[C@H](COC(=O)CCCCCCCCCC(C)C)COP(=O)(O)OC[C@@H](O)COP(=O)(O)OC[C@@H](COC(=O)CCCCCCCCC)OC(=O)CCCCCCCCCCC. The number of unbranched alkanes of at least 4 members (excludes halogenated alkanes) is 40. The number of carbonyl (C=O) groups excluding carboxylic acids is 4. The Hall–Kier alpha value is -1.94. The fourth-order valence-corrected chi connectivity index (χ4v) is 11.9. The predicted molar refractivity (Wildman–Crippen MR) is 349 cm³/mol. The number of phosphoric acid groups is 2. The minimum absolute atomic E-state index is 0.105. The van der Waals surface area contributed by atoms with Crippen LogP contribution >= 0.6 is 15.6 Å². The largest absolute Gasteiger partial charge is 0.472 e. The molecule has 0 aromatic heterocycles. The molecule has 3 N–H and O–H groups in total.